The normalized spacial score (nSPS) is 12.2. The summed E-state index contributed by atoms with van der Waals surface area (Å²) in [5.41, 5.74) is 0. The van der Waals surface area contributed by atoms with Gasteiger partial charge in [0.15, 0.2) is 5.96 Å². The molecule has 112 valence electrons. The monoisotopic (exact) mass is 288 g/mol. The van der Waals surface area contributed by atoms with E-state index in [1.54, 1.807) is 30.8 Å². The largest absolute Gasteiger partial charge is 0.356 e. The third-order valence-electron chi connectivity index (χ3n) is 2.65. The Morgan fingerprint density at radius 2 is 1.95 bits per heavy atom. The lowest BCUT2D eigenvalue weighted by Crippen LogP contribution is -2.44. The molecule has 0 aromatic heterocycles. The SMILES string of the molecule is CCCNC(=NCC(=O)N(C)C)NCC(C)(C)SC. The molecule has 0 aliphatic rings. The quantitative estimate of drug-likeness (QED) is 0.545. The summed E-state index contributed by atoms with van der Waals surface area (Å²) in [7, 11) is 3.47. The van der Waals surface area contributed by atoms with Crippen molar-refractivity contribution in [2.75, 3.05) is 40.0 Å². The molecule has 0 unspecified atom stereocenters. The fourth-order valence-corrected chi connectivity index (χ4v) is 1.29. The van der Waals surface area contributed by atoms with Gasteiger partial charge < -0.3 is 15.5 Å². The standard InChI is InChI=1S/C13H28N4OS/c1-7-8-14-12(15-9-11(18)17(4)5)16-10-13(2,3)19-6/h7-10H2,1-6H3,(H2,14,15,16). The van der Waals surface area contributed by atoms with Gasteiger partial charge in [0.2, 0.25) is 5.91 Å². The average Bonchev–Trinajstić information content (AvgIpc) is 2.37. The smallest absolute Gasteiger partial charge is 0.243 e. The van der Waals surface area contributed by atoms with Crippen molar-refractivity contribution in [1.82, 2.24) is 15.5 Å². The van der Waals surface area contributed by atoms with Crippen LogP contribution >= 0.6 is 11.8 Å². The van der Waals surface area contributed by atoms with Crippen LogP contribution in [0.15, 0.2) is 4.99 Å². The minimum absolute atomic E-state index is 0.00160. The molecule has 0 aromatic carbocycles. The number of hydrogen-bond acceptors (Lipinski definition) is 3. The minimum Gasteiger partial charge on any atom is -0.356 e. The lowest BCUT2D eigenvalue weighted by molar-refractivity contribution is -0.127. The van der Waals surface area contributed by atoms with Crippen molar-refractivity contribution in [1.29, 1.82) is 0 Å². The van der Waals surface area contributed by atoms with E-state index in [2.05, 4.69) is 42.7 Å². The van der Waals surface area contributed by atoms with Crippen LogP contribution in [0.1, 0.15) is 27.2 Å². The van der Waals surface area contributed by atoms with Gasteiger partial charge in [0.05, 0.1) is 0 Å². The van der Waals surface area contributed by atoms with Crippen molar-refractivity contribution in [2.45, 2.75) is 31.9 Å². The Morgan fingerprint density at radius 3 is 2.42 bits per heavy atom. The summed E-state index contributed by atoms with van der Waals surface area (Å²) >= 11 is 1.80. The van der Waals surface area contributed by atoms with Crippen LogP contribution in [-0.4, -0.2) is 61.5 Å². The number of likely N-dealkylation sites (N-methyl/N-ethyl adjacent to an activating group) is 1. The van der Waals surface area contributed by atoms with Crippen molar-refractivity contribution in [3.8, 4) is 0 Å². The number of rotatable bonds is 7. The zero-order valence-electron chi connectivity index (χ0n) is 13.0. The summed E-state index contributed by atoms with van der Waals surface area (Å²) in [6.07, 6.45) is 3.11. The lowest BCUT2D eigenvalue weighted by Gasteiger charge is -2.24. The van der Waals surface area contributed by atoms with E-state index in [1.807, 2.05) is 0 Å². The van der Waals surface area contributed by atoms with Crippen LogP contribution < -0.4 is 10.6 Å². The van der Waals surface area contributed by atoms with E-state index in [9.17, 15) is 4.79 Å². The van der Waals surface area contributed by atoms with E-state index >= 15 is 0 Å². The molecule has 1 amide bonds. The predicted molar refractivity (Wildman–Crippen MR) is 84.9 cm³/mol. The van der Waals surface area contributed by atoms with Crippen molar-refractivity contribution < 1.29 is 4.79 Å². The predicted octanol–water partition coefficient (Wildman–Crippen LogP) is 1.16. The number of amides is 1. The fraction of sp³-hybridized carbons (Fsp3) is 0.846. The van der Waals surface area contributed by atoms with E-state index in [0.29, 0.717) is 5.96 Å². The highest BCUT2D eigenvalue weighted by Crippen LogP contribution is 2.19. The summed E-state index contributed by atoms with van der Waals surface area (Å²) in [5, 5.41) is 6.51. The van der Waals surface area contributed by atoms with Crippen LogP contribution in [0.5, 0.6) is 0 Å². The Labute approximate surface area is 121 Å². The third-order valence-corrected chi connectivity index (χ3v) is 3.90. The molecule has 0 radical (unpaired) electrons. The first-order valence-electron chi connectivity index (χ1n) is 6.60. The Kier molecular flexibility index (Phi) is 8.63. The molecule has 0 fully saturated rings. The molecule has 6 heteroatoms. The van der Waals surface area contributed by atoms with Crippen LogP contribution in [0.3, 0.4) is 0 Å². The van der Waals surface area contributed by atoms with Crippen LogP contribution in [-0.2, 0) is 4.79 Å². The molecule has 2 N–H and O–H groups in total. The molecule has 0 aliphatic carbocycles. The van der Waals surface area contributed by atoms with E-state index in [1.165, 1.54) is 0 Å². The van der Waals surface area contributed by atoms with Gasteiger partial charge in [0.25, 0.3) is 0 Å². The number of nitrogens with zero attached hydrogens (tertiary/aromatic N) is 2. The number of carbonyl (C=O) groups excluding carboxylic acids is 1. The summed E-state index contributed by atoms with van der Waals surface area (Å²) < 4.78 is 0.139. The zero-order chi connectivity index (χ0) is 14.9. The molecule has 0 saturated heterocycles. The first kappa shape index (κ1) is 18.1. The number of nitrogens with one attached hydrogen (secondary N) is 2. The molecular formula is C13H28N4OS. The molecule has 0 rings (SSSR count). The second-order valence-corrected chi connectivity index (χ2v) is 6.71. The topological polar surface area (TPSA) is 56.7 Å². The van der Waals surface area contributed by atoms with Gasteiger partial charge in [-0.3, -0.25) is 4.79 Å². The van der Waals surface area contributed by atoms with Crippen LogP contribution in [0.2, 0.25) is 0 Å². The van der Waals surface area contributed by atoms with Crippen LogP contribution in [0.4, 0.5) is 0 Å². The molecule has 0 bridgehead atoms. The van der Waals surface area contributed by atoms with Gasteiger partial charge in [-0.05, 0) is 26.5 Å². The van der Waals surface area contributed by atoms with E-state index in [4.69, 9.17) is 0 Å². The maximum Gasteiger partial charge on any atom is 0.243 e. The van der Waals surface area contributed by atoms with Gasteiger partial charge in [-0.25, -0.2) is 4.99 Å². The van der Waals surface area contributed by atoms with Gasteiger partial charge in [0.1, 0.15) is 6.54 Å². The number of thioether (sulfide) groups is 1. The summed E-state index contributed by atoms with van der Waals surface area (Å²) in [6, 6.07) is 0. The highest BCUT2D eigenvalue weighted by atomic mass is 32.2. The van der Waals surface area contributed by atoms with Crippen molar-refractivity contribution in [3.63, 3.8) is 0 Å². The molecular weight excluding hydrogens is 260 g/mol. The third kappa shape index (κ3) is 8.75. The summed E-state index contributed by atoms with van der Waals surface area (Å²) in [4.78, 5) is 17.4. The molecule has 0 aliphatic heterocycles. The summed E-state index contributed by atoms with van der Waals surface area (Å²) in [6.45, 7) is 8.27. The Morgan fingerprint density at radius 1 is 1.32 bits per heavy atom. The Hall–Kier alpha value is -0.910. The van der Waals surface area contributed by atoms with E-state index < -0.39 is 0 Å². The van der Waals surface area contributed by atoms with Crippen molar-refractivity contribution in [3.05, 3.63) is 0 Å². The highest BCUT2D eigenvalue weighted by molar-refractivity contribution is 7.99. The van der Waals surface area contributed by atoms with Gasteiger partial charge in [-0.1, -0.05) is 6.92 Å². The minimum atomic E-state index is 0.00160. The number of carbonyl (C=O) groups is 1. The Bertz CT molecular complexity index is 303. The number of guanidine groups is 1. The van der Waals surface area contributed by atoms with Crippen molar-refractivity contribution in [2.24, 2.45) is 4.99 Å². The molecule has 0 aromatic rings. The molecule has 19 heavy (non-hydrogen) atoms. The second kappa shape index (κ2) is 9.07. The fourth-order valence-electron chi connectivity index (χ4n) is 1.07. The Balaban J connectivity index is 4.45. The first-order valence-corrected chi connectivity index (χ1v) is 7.82. The van der Waals surface area contributed by atoms with E-state index in [0.717, 1.165) is 19.5 Å². The van der Waals surface area contributed by atoms with Crippen molar-refractivity contribution >= 4 is 23.6 Å². The van der Waals surface area contributed by atoms with Crippen LogP contribution in [0, 0.1) is 0 Å². The summed E-state index contributed by atoms with van der Waals surface area (Å²) in [5.74, 6) is 0.709. The average molecular weight is 288 g/mol. The number of hydrogen-bond donors (Lipinski definition) is 2. The maximum absolute atomic E-state index is 11.5. The van der Waals surface area contributed by atoms with Gasteiger partial charge >= 0.3 is 0 Å². The molecule has 5 nitrogen and oxygen atoms in total. The second-order valence-electron chi connectivity index (χ2n) is 5.20. The lowest BCUT2D eigenvalue weighted by atomic mass is 10.2. The molecule has 0 saturated carbocycles. The molecule has 0 heterocycles. The van der Waals surface area contributed by atoms with Gasteiger partial charge in [0, 0.05) is 31.9 Å². The van der Waals surface area contributed by atoms with Gasteiger partial charge in [-0.2, -0.15) is 11.8 Å². The maximum atomic E-state index is 11.5. The molecule has 0 atom stereocenters. The van der Waals surface area contributed by atoms with Gasteiger partial charge in [-0.15, -0.1) is 0 Å². The highest BCUT2D eigenvalue weighted by Gasteiger charge is 2.16. The first-order chi connectivity index (χ1) is 8.82. The van der Waals surface area contributed by atoms with E-state index in [-0.39, 0.29) is 17.2 Å². The molecule has 0 spiro atoms. The van der Waals surface area contributed by atoms with Crippen LogP contribution in [0.25, 0.3) is 0 Å². The zero-order valence-corrected chi connectivity index (χ0v) is 13.9. The number of aliphatic imine (C=N–C) groups is 1.